The number of nitrogens with one attached hydrogen (secondary N) is 1. The van der Waals surface area contributed by atoms with E-state index in [9.17, 15) is 9.59 Å². The Balaban J connectivity index is 1.66. The molecule has 3 amide bonds. The molecule has 1 N–H and O–H groups in total. The second-order valence-corrected chi connectivity index (χ2v) is 9.99. The molecule has 4 rings (SSSR count). The molecule has 1 saturated heterocycles. The Morgan fingerprint density at radius 3 is 2.44 bits per heavy atom. The molecule has 0 radical (unpaired) electrons. The van der Waals surface area contributed by atoms with Gasteiger partial charge in [-0.25, -0.2) is 19.6 Å². The lowest BCUT2D eigenvalue weighted by atomic mass is 10.0. The third-order valence-corrected chi connectivity index (χ3v) is 6.15. The van der Waals surface area contributed by atoms with Gasteiger partial charge in [-0.1, -0.05) is 0 Å². The van der Waals surface area contributed by atoms with Crippen LogP contribution in [-0.4, -0.2) is 79.0 Å². The molecule has 2 aromatic rings. The number of carbonyl (C=O) groups excluding carboxylic acids is 2. The lowest BCUT2D eigenvalue weighted by Crippen LogP contribution is -2.42. The Kier molecular flexibility index (Phi) is 7.63. The molecule has 1 aromatic heterocycles. The number of morpholine rings is 1. The van der Waals surface area contributed by atoms with E-state index in [1.165, 1.54) is 0 Å². The SMILES string of the molecule is CCNC(=O)N(C)c1ccc(-c2nc3c(c(N4CCOCC4)n2)CCN(C(=O)OC(C)(C)C)C3)cc1. The maximum Gasteiger partial charge on any atom is 0.410 e. The molecule has 3 heterocycles. The van der Waals surface area contributed by atoms with Crippen molar-refractivity contribution in [2.45, 2.75) is 46.3 Å². The smallest absolute Gasteiger partial charge is 0.410 e. The lowest BCUT2D eigenvalue weighted by Gasteiger charge is -2.34. The molecule has 36 heavy (non-hydrogen) atoms. The van der Waals surface area contributed by atoms with Gasteiger partial charge < -0.3 is 24.6 Å². The number of benzene rings is 1. The molecule has 2 aliphatic rings. The first-order valence-electron chi connectivity index (χ1n) is 12.5. The second kappa shape index (κ2) is 10.7. The molecular formula is C26H36N6O4. The van der Waals surface area contributed by atoms with Gasteiger partial charge in [0, 0.05) is 50.0 Å². The zero-order chi connectivity index (χ0) is 25.9. The number of hydrogen-bond acceptors (Lipinski definition) is 7. The summed E-state index contributed by atoms with van der Waals surface area (Å²) in [5.74, 6) is 1.50. The van der Waals surface area contributed by atoms with Crippen LogP contribution in [0.25, 0.3) is 11.4 Å². The van der Waals surface area contributed by atoms with Crippen LogP contribution in [0.4, 0.5) is 21.1 Å². The topological polar surface area (TPSA) is 100 Å². The van der Waals surface area contributed by atoms with Crippen molar-refractivity contribution < 1.29 is 19.1 Å². The first kappa shape index (κ1) is 25.7. The van der Waals surface area contributed by atoms with Crippen molar-refractivity contribution in [2.24, 2.45) is 0 Å². The maximum atomic E-state index is 12.8. The summed E-state index contributed by atoms with van der Waals surface area (Å²) in [6.45, 7) is 11.8. The van der Waals surface area contributed by atoms with E-state index in [2.05, 4.69) is 10.2 Å². The molecule has 1 aromatic carbocycles. The number of hydrogen-bond donors (Lipinski definition) is 1. The van der Waals surface area contributed by atoms with E-state index in [0.717, 1.165) is 41.4 Å². The molecule has 0 bridgehead atoms. The number of urea groups is 1. The number of carbonyl (C=O) groups is 2. The van der Waals surface area contributed by atoms with Crippen molar-refractivity contribution in [2.75, 3.05) is 56.2 Å². The highest BCUT2D eigenvalue weighted by molar-refractivity contribution is 5.91. The molecule has 0 unspecified atom stereocenters. The van der Waals surface area contributed by atoms with Gasteiger partial charge in [-0.15, -0.1) is 0 Å². The van der Waals surface area contributed by atoms with Gasteiger partial charge in [-0.2, -0.15) is 0 Å². The Hall–Kier alpha value is -3.40. The molecule has 2 aliphatic heterocycles. The monoisotopic (exact) mass is 496 g/mol. The predicted octanol–water partition coefficient (Wildman–Crippen LogP) is 3.44. The van der Waals surface area contributed by atoms with Gasteiger partial charge in [0.05, 0.1) is 25.5 Å². The number of fused-ring (bicyclic) bond motifs is 1. The van der Waals surface area contributed by atoms with Crippen LogP contribution in [0.3, 0.4) is 0 Å². The highest BCUT2D eigenvalue weighted by Crippen LogP contribution is 2.31. The van der Waals surface area contributed by atoms with Crippen LogP contribution in [0.5, 0.6) is 0 Å². The van der Waals surface area contributed by atoms with Gasteiger partial charge in [-0.3, -0.25) is 4.90 Å². The average Bonchev–Trinajstić information content (AvgIpc) is 2.87. The number of ether oxygens (including phenoxy) is 2. The molecule has 0 spiro atoms. The second-order valence-electron chi connectivity index (χ2n) is 9.99. The Bertz CT molecular complexity index is 1090. The first-order valence-corrected chi connectivity index (χ1v) is 12.5. The number of nitrogens with zero attached hydrogens (tertiary/aromatic N) is 5. The highest BCUT2D eigenvalue weighted by Gasteiger charge is 2.30. The van der Waals surface area contributed by atoms with E-state index in [4.69, 9.17) is 19.4 Å². The number of aromatic nitrogens is 2. The normalized spacial score (nSPS) is 15.8. The third kappa shape index (κ3) is 5.87. The molecule has 1 fully saturated rings. The minimum Gasteiger partial charge on any atom is -0.444 e. The van der Waals surface area contributed by atoms with Gasteiger partial charge >= 0.3 is 12.1 Å². The largest absolute Gasteiger partial charge is 0.444 e. The van der Waals surface area contributed by atoms with Crippen LogP contribution in [0.1, 0.15) is 39.0 Å². The molecule has 0 atom stereocenters. The van der Waals surface area contributed by atoms with E-state index >= 15 is 0 Å². The molecule has 10 heteroatoms. The molecule has 0 saturated carbocycles. The fourth-order valence-electron chi connectivity index (χ4n) is 4.28. The van der Waals surface area contributed by atoms with Crippen molar-refractivity contribution in [3.63, 3.8) is 0 Å². The van der Waals surface area contributed by atoms with Crippen molar-refractivity contribution in [3.05, 3.63) is 35.5 Å². The Morgan fingerprint density at radius 1 is 1.11 bits per heavy atom. The zero-order valence-corrected chi connectivity index (χ0v) is 21.8. The summed E-state index contributed by atoms with van der Waals surface area (Å²) in [4.78, 5) is 40.3. The molecule has 10 nitrogen and oxygen atoms in total. The van der Waals surface area contributed by atoms with Crippen LogP contribution in [-0.2, 0) is 22.4 Å². The van der Waals surface area contributed by atoms with Gasteiger partial charge in [0.25, 0.3) is 0 Å². The standard InChI is InChI=1S/C26H36N6O4/c1-6-27-24(33)30(5)19-9-7-18(8-10-19)22-28-21-17-32(25(34)36-26(2,3)4)12-11-20(21)23(29-22)31-13-15-35-16-14-31/h7-10H,6,11-17H2,1-5H3,(H,27,33). The Morgan fingerprint density at radius 2 is 1.81 bits per heavy atom. The fourth-order valence-corrected chi connectivity index (χ4v) is 4.28. The summed E-state index contributed by atoms with van der Waals surface area (Å²) in [6.07, 6.45) is 0.330. The zero-order valence-electron chi connectivity index (χ0n) is 21.8. The van der Waals surface area contributed by atoms with Crippen molar-refractivity contribution in [1.82, 2.24) is 20.2 Å². The summed E-state index contributed by atoms with van der Waals surface area (Å²) >= 11 is 0. The average molecular weight is 497 g/mol. The molecule has 194 valence electrons. The maximum absolute atomic E-state index is 12.8. The Labute approximate surface area is 212 Å². The number of anilines is 2. The summed E-state index contributed by atoms with van der Waals surface area (Å²) in [6, 6.07) is 7.45. The van der Waals surface area contributed by atoms with Crippen molar-refractivity contribution in [3.8, 4) is 11.4 Å². The van der Waals surface area contributed by atoms with Crippen LogP contribution in [0, 0.1) is 0 Å². The molecular weight excluding hydrogens is 460 g/mol. The van der Waals surface area contributed by atoms with Gasteiger partial charge in [0.2, 0.25) is 0 Å². The number of rotatable bonds is 4. The van der Waals surface area contributed by atoms with E-state index in [0.29, 0.717) is 45.1 Å². The highest BCUT2D eigenvalue weighted by atomic mass is 16.6. The lowest BCUT2D eigenvalue weighted by molar-refractivity contribution is 0.0220. The summed E-state index contributed by atoms with van der Waals surface area (Å²) in [7, 11) is 1.73. The fraction of sp³-hybridized carbons (Fsp3) is 0.538. The van der Waals surface area contributed by atoms with E-state index in [1.54, 1.807) is 16.8 Å². The van der Waals surface area contributed by atoms with Crippen molar-refractivity contribution >= 4 is 23.6 Å². The third-order valence-electron chi connectivity index (χ3n) is 6.15. The van der Waals surface area contributed by atoms with E-state index in [1.807, 2.05) is 52.0 Å². The van der Waals surface area contributed by atoms with Crippen LogP contribution < -0.4 is 15.1 Å². The van der Waals surface area contributed by atoms with Crippen LogP contribution in [0.2, 0.25) is 0 Å². The minimum atomic E-state index is -0.559. The summed E-state index contributed by atoms with van der Waals surface area (Å²) in [5, 5.41) is 2.80. The van der Waals surface area contributed by atoms with E-state index in [-0.39, 0.29) is 12.1 Å². The number of amides is 3. The van der Waals surface area contributed by atoms with Gasteiger partial charge in [0.1, 0.15) is 11.4 Å². The first-order chi connectivity index (χ1) is 17.2. The van der Waals surface area contributed by atoms with Crippen LogP contribution in [0.15, 0.2) is 24.3 Å². The quantitative estimate of drug-likeness (QED) is 0.692. The minimum absolute atomic E-state index is 0.160. The van der Waals surface area contributed by atoms with Gasteiger partial charge in [0.15, 0.2) is 5.82 Å². The predicted molar refractivity (Wildman–Crippen MR) is 138 cm³/mol. The van der Waals surface area contributed by atoms with Gasteiger partial charge in [-0.05, 0) is 58.4 Å². The summed E-state index contributed by atoms with van der Waals surface area (Å²) < 4.78 is 11.2. The molecule has 0 aliphatic carbocycles. The van der Waals surface area contributed by atoms with E-state index < -0.39 is 5.60 Å². The van der Waals surface area contributed by atoms with Crippen molar-refractivity contribution in [1.29, 1.82) is 0 Å². The summed E-state index contributed by atoms with van der Waals surface area (Å²) in [5.41, 5.74) is 2.97. The van der Waals surface area contributed by atoms with Crippen LogP contribution >= 0.6 is 0 Å².